The number of hydrogen-bond donors (Lipinski definition) is 1. The molecule has 0 aliphatic carbocycles. The van der Waals surface area contributed by atoms with Gasteiger partial charge in [0, 0.05) is 23.5 Å². The first-order valence-corrected chi connectivity index (χ1v) is 8.90. The molecule has 0 radical (unpaired) electrons. The quantitative estimate of drug-likeness (QED) is 0.499. The normalized spacial score (nSPS) is 10.3. The van der Waals surface area contributed by atoms with Gasteiger partial charge in [0.05, 0.1) is 28.5 Å². The van der Waals surface area contributed by atoms with E-state index in [0.717, 1.165) is 9.37 Å². The van der Waals surface area contributed by atoms with Crippen molar-refractivity contribution in [1.82, 2.24) is 14.5 Å². The van der Waals surface area contributed by atoms with Crippen molar-refractivity contribution in [2.45, 2.75) is 10.1 Å². The molecule has 1 aromatic carbocycles. The van der Waals surface area contributed by atoms with Gasteiger partial charge >= 0.3 is 5.97 Å². The largest absolute Gasteiger partial charge is 0.464 e. The predicted octanol–water partition coefficient (Wildman–Crippen LogP) is 3.42. The van der Waals surface area contributed by atoms with Crippen LogP contribution in [-0.2, 0) is 4.74 Å². The van der Waals surface area contributed by atoms with E-state index in [4.69, 9.17) is 10.5 Å². The van der Waals surface area contributed by atoms with Gasteiger partial charge in [-0.2, -0.15) is 5.26 Å². The number of anilines is 1. The Hall–Kier alpha value is -2.83. The Morgan fingerprint density at radius 1 is 1.35 bits per heavy atom. The van der Waals surface area contributed by atoms with E-state index in [9.17, 15) is 10.1 Å². The number of para-hydroxylation sites is 1. The maximum Gasteiger partial charge on any atom is 0.357 e. The summed E-state index contributed by atoms with van der Waals surface area (Å²) in [6.45, 7) is 0. The minimum Gasteiger partial charge on any atom is -0.464 e. The van der Waals surface area contributed by atoms with E-state index in [1.165, 1.54) is 25.1 Å². The Kier molecular flexibility index (Phi) is 5.25. The fourth-order valence-electron chi connectivity index (χ4n) is 2.30. The van der Waals surface area contributed by atoms with Crippen LogP contribution < -0.4 is 5.73 Å². The molecule has 26 heavy (non-hydrogen) atoms. The van der Waals surface area contributed by atoms with Gasteiger partial charge in [-0.1, -0.05) is 12.1 Å². The van der Waals surface area contributed by atoms with Crippen LogP contribution >= 0.6 is 27.7 Å². The highest BCUT2D eigenvalue weighted by molar-refractivity contribution is 9.10. The first-order valence-electron chi connectivity index (χ1n) is 7.29. The Balaban J connectivity index is 2.12. The average Bonchev–Trinajstić information content (AvgIpc) is 2.99. The molecule has 0 fully saturated rings. The van der Waals surface area contributed by atoms with E-state index < -0.39 is 5.97 Å². The van der Waals surface area contributed by atoms with Gasteiger partial charge in [-0.3, -0.25) is 0 Å². The summed E-state index contributed by atoms with van der Waals surface area (Å²) in [7, 11) is 1.27. The fraction of sp³-hybridized carbons (Fsp3) is 0.0588. The smallest absolute Gasteiger partial charge is 0.357 e. The number of esters is 1. The molecule has 0 saturated carbocycles. The standard InChI is InChI=1S/C17H12BrN5O2S/c1-25-16(24)15-14(20)10(6-19)9-23(15)12-4-2-3-5-13(12)26-17-21-7-11(18)8-22-17/h2-5,7-9H,20H2,1H3. The van der Waals surface area contributed by atoms with E-state index in [-0.39, 0.29) is 16.9 Å². The van der Waals surface area contributed by atoms with Crippen LogP contribution in [0.3, 0.4) is 0 Å². The minimum absolute atomic E-state index is 0.0824. The second-order valence-corrected chi connectivity index (χ2v) is 6.96. The van der Waals surface area contributed by atoms with Gasteiger partial charge in [0.25, 0.3) is 0 Å². The van der Waals surface area contributed by atoms with Crippen LogP contribution in [0, 0.1) is 11.3 Å². The zero-order valence-electron chi connectivity index (χ0n) is 13.5. The van der Waals surface area contributed by atoms with E-state index in [0.29, 0.717) is 10.8 Å². The van der Waals surface area contributed by atoms with Crippen molar-refractivity contribution in [2.24, 2.45) is 0 Å². The van der Waals surface area contributed by atoms with Crippen molar-refractivity contribution in [3.63, 3.8) is 0 Å². The average molecular weight is 430 g/mol. The summed E-state index contributed by atoms with van der Waals surface area (Å²) in [6.07, 6.45) is 4.82. The number of rotatable bonds is 4. The molecule has 130 valence electrons. The number of benzene rings is 1. The lowest BCUT2D eigenvalue weighted by Crippen LogP contribution is -2.11. The minimum atomic E-state index is -0.622. The van der Waals surface area contributed by atoms with Crippen LogP contribution in [0.2, 0.25) is 0 Å². The molecule has 9 heteroatoms. The number of hydrogen-bond acceptors (Lipinski definition) is 7. The van der Waals surface area contributed by atoms with E-state index in [1.807, 2.05) is 30.3 Å². The molecule has 7 nitrogen and oxygen atoms in total. The van der Waals surface area contributed by atoms with Crippen molar-refractivity contribution >= 4 is 39.3 Å². The molecule has 2 heterocycles. The van der Waals surface area contributed by atoms with Crippen LogP contribution in [0.4, 0.5) is 5.69 Å². The van der Waals surface area contributed by atoms with Gasteiger partial charge in [-0.05, 0) is 39.8 Å². The van der Waals surface area contributed by atoms with Crippen molar-refractivity contribution in [1.29, 1.82) is 5.26 Å². The Morgan fingerprint density at radius 3 is 2.69 bits per heavy atom. The van der Waals surface area contributed by atoms with Crippen LogP contribution in [0.5, 0.6) is 0 Å². The Morgan fingerprint density at radius 2 is 2.04 bits per heavy atom. The maximum atomic E-state index is 12.2. The molecule has 0 atom stereocenters. The highest BCUT2D eigenvalue weighted by Crippen LogP contribution is 2.33. The molecule has 2 N–H and O–H groups in total. The van der Waals surface area contributed by atoms with E-state index >= 15 is 0 Å². The molecular formula is C17H12BrN5O2S. The molecule has 0 aliphatic heterocycles. The molecule has 2 aromatic heterocycles. The van der Waals surface area contributed by atoms with Crippen molar-refractivity contribution in [3.8, 4) is 11.8 Å². The molecule has 0 aliphatic rings. The van der Waals surface area contributed by atoms with Gasteiger partial charge in [-0.25, -0.2) is 14.8 Å². The van der Waals surface area contributed by atoms with Crippen LogP contribution in [0.25, 0.3) is 5.69 Å². The first-order chi connectivity index (χ1) is 12.5. The number of nitrogens with two attached hydrogens (primary N) is 1. The maximum absolute atomic E-state index is 12.2. The van der Waals surface area contributed by atoms with Crippen molar-refractivity contribution in [3.05, 3.63) is 58.6 Å². The van der Waals surface area contributed by atoms with Gasteiger partial charge in [-0.15, -0.1) is 0 Å². The third-order valence-electron chi connectivity index (χ3n) is 3.47. The highest BCUT2D eigenvalue weighted by atomic mass is 79.9. The Bertz CT molecular complexity index is 1010. The highest BCUT2D eigenvalue weighted by Gasteiger charge is 2.23. The zero-order chi connectivity index (χ0) is 18.7. The lowest BCUT2D eigenvalue weighted by Gasteiger charge is -2.12. The van der Waals surface area contributed by atoms with Crippen LogP contribution in [0.15, 0.2) is 57.4 Å². The summed E-state index contributed by atoms with van der Waals surface area (Å²) >= 11 is 4.63. The second-order valence-electron chi connectivity index (χ2n) is 5.03. The zero-order valence-corrected chi connectivity index (χ0v) is 15.9. The Labute approximate surface area is 161 Å². The van der Waals surface area contributed by atoms with Gasteiger partial charge in [0.2, 0.25) is 0 Å². The molecule has 0 unspecified atom stereocenters. The lowest BCUT2D eigenvalue weighted by molar-refractivity contribution is 0.0593. The van der Waals surface area contributed by atoms with Crippen molar-refractivity contribution in [2.75, 3.05) is 12.8 Å². The number of nitrogens with zero attached hydrogens (tertiary/aromatic N) is 4. The molecule has 0 bridgehead atoms. The number of ether oxygens (including phenoxy) is 1. The van der Waals surface area contributed by atoms with E-state index in [2.05, 4.69) is 25.9 Å². The monoisotopic (exact) mass is 429 g/mol. The van der Waals surface area contributed by atoms with Crippen LogP contribution in [-0.4, -0.2) is 27.6 Å². The summed E-state index contributed by atoms with van der Waals surface area (Å²) in [4.78, 5) is 21.5. The van der Waals surface area contributed by atoms with Gasteiger partial charge in [0.15, 0.2) is 10.9 Å². The molecule has 0 spiro atoms. The van der Waals surface area contributed by atoms with Crippen molar-refractivity contribution < 1.29 is 9.53 Å². The lowest BCUT2D eigenvalue weighted by atomic mass is 10.2. The fourth-order valence-corrected chi connectivity index (χ4v) is 3.33. The van der Waals surface area contributed by atoms with E-state index in [1.54, 1.807) is 17.0 Å². The number of nitriles is 1. The predicted molar refractivity (Wildman–Crippen MR) is 100 cm³/mol. The summed E-state index contributed by atoms with van der Waals surface area (Å²) in [6, 6.07) is 9.36. The number of carbonyl (C=O) groups is 1. The summed E-state index contributed by atoms with van der Waals surface area (Å²) in [5.74, 6) is -0.622. The number of carbonyl (C=O) groups excluding carboxylic acids is 1. The van der Waals surface area contributed by atoms with Gasteiger partial charge < -0.3 is 15.0 Å². The molecule has 0 amide bonds. The number of nitrogen functional groups attached to an aromatic ring is 1. The molecule has 3 rings (SSSR count). The summed E-state index contributed by atoms with van der Waals surface area (Å²) in [5.41, 5.74) is 7.02. The van der Waals surface area contributed by atoms with Gasteiger partial charge in [0.1, 0.15) is 6.07 Å². The summed E-state index contributed by atoms with van der Waals surface area (Å²) in [5, 5.41) is 9.81. The SMILES string of the molecule is COC(=O)c1c(N)c(C#N)cn1-c1ccccc1Sc1ncc(Br)cn1. The molecule has 0 saturated heterocycles. The topological polar surface area (TPSA) is 107 Å². The third-order valence-corrected chi connectivity index (χ3v) is 4.83. The number of halogens is 1. The molecule has 3 aromatic rings. The number of aromatic nitrogens is 3. The second kappa shape index (κ2) is 7.59. The first kappa shape index (κ1) is 18.0. The van der Waals surface area contributed by atoms with Crippen LogP contribution in [0.1, 0.15) is 16.1 Å². The third kappa shape index (κ3) is 3.42. The summed E-state index contributed by atoms with van der Waals surface area (Å²) < 4.78 is 7.16. The molecular weight excluding hydrogens is 418 g/mol. The number of methoxy groups -OCH3 is 1.